The predicted molar refractivity (Wildman–Crippen MR) is 76.0 cm³/mol. The monoisotopic (exact) mass is 254 g/mol. The molecule has 19 heavy (non-hydrogen) atoms. The summed E-state index contributed by atoms with van der Waals surface area (Å²) < 4.78 is 0. The lowest BCUT2D eigenvalue weighted by Gasteiger charge is -2.13. The standard InChI is InChI=1S/C16H18N2O/c1-11-9-17-10-14(11)16(19)8-12-6-7-18-15-5-3-2-4-13(12)15/h2-7,11,14,17H,8-10H2,1H3. The minimum absolute atomic E-state index is 0.159. The number of benzene rings is 1. The van der Waals surface area contributed by atoms with Crippen molar-refractivity contribution in [2.75, 3.05) is 13.1 Å². The van der Waals surface area contributed by atoms with E-state index in [0.29, 0.717) is 18.1 Å². The van der Waals surface area contributed by atoms with Gasteiger partial charge in [0, 0.05) is 30.5 Å². The van der Waals surface area contributed by atoms with Gasteiger partial charge in [-0.05, 0) is 30.2 Å². The van der Waals surface area contributed by atoms with Gasteiger partial charge >= 0.3 is 0 Å². The fourth-order valence-corrected chi connectivity index (χ4v) is 2.87. The van der Waals surface area contributed by atoms with Crippen LogP contribution in [-0.4, -0.2) is 23.9 Å². The maximum absolute atomic E-state index is 12.4. The zero-order valence-corrected chi connectivity index (χ0v) is 11.1. The zero-order chi connectivity index (χ0) is 13.2. The number of nitrogens with one attached hydrogen (secondary N) is 1. The van der Waals surface area contributed by atoms with Crippen LogP contribution in [0.4, 0.5) is 0 Å². The zero-order valence-electron chi connectivity index (χ0n) is 11.1. The summed E-state index contributed by atoms with van der Waals surface area (Å²) >= 11 is 0. The molecule has 1 aliphatic rings. The van der Waals surface area contributed by atoms with Gasteiger partial charge in [0.2, 0.25) is 0 Å². The molecule has 0 radical (unpaired) electrons. The second-order valence-corrected chi connectivity index (χ2v) is 5.37. The van der Waals surface area contributed by atoms with E-state index in [1.165, 1.54) is 0 Å². The van der Waals surface area contributed by atoms with Crippen LogP contribution < -0.4 is 5.32 Å². The second-order valence-electron chi connectivity index (χ2n) is 5.37. The van der Waals surface area contributed by atoms with Crippen LogP contribution in [0, 0.1) is 11.8 Å². The van der Waals surface area contributed by atoms with E-state index in [0.717, 1.165) is 29.6 Å². The van der Waals surface area contributed by atoms with Crippen molar-refractivity contribution < 1.29 is 4.79 Å². The molecule has 1 saturated heterocycles. The molecule has 1 aromatic carbocycles. The van der Waals surface area contributed by atoms with Crippen LogP contribution in [0.3, 0.4) is 0 Å². The molecule has 3 heteroatoms. The van der Waals surface area contributed by atoms with Gasteiger partial charge in [0.15, 0.2) is 0 Å². The first-order valence-corrected chi connectivity index (χ1v) is 6.82. The SMILES string of the molecule is CC1CNCC1C(=O)Cc1ccnc2ccccc12. The number of para-hydroxylation sites is 1. The molecule has 3 rings (SSSR count). The van der Waals surface area contributed by atoms with Crippen LogP contribution in [0.25, 0.3) is 10.9 Å². The number of pyridine rings is 1. The fourth-order valence-electron chi connectivity index (χ4n) is 2.87. The van der Waals surface area contributed by atoms with Crippen molar-refractivity contribution in [1.82, 2.24) is 10.3 Å². The summed E-state index contributed by atoms with van der Waals surface area (Å²) in [6.07, 6.45) is 2.31. The number of fused-ring (bicyclic) bond motifs is 1. The van der Waals surface area contributed by atoms with Gasteiger partial charge in [-0.2, -0.15) is 0 Å². The Morgan fingerprint density at radius 1 is 1.32 bits per heavy atom. The first-order chi connectivity index (χ1) is 9.25. The normalized spacial score (nSPS) is 22.8. The Balaban J connectivity index is 1.87. The Labute approximate surface area is 113 Å². The van der Waals surface area contributed by atoms with Gasteiger partial charge in [0.25, 0.3) is 0 Å². The Kier molecular flexibility index (Phi) is 3.30. The highest BCUT2D eigenvalue weighted by Crippen LogP contribution is 2.22. The number of carbonyl (C=O) groups is 1. The third-order valence-electron chi connectivity index (χ3n) is 4.04. The third kappa shape index (κ3) is 2.38. The third-order valence-corrected chi connectivity index (χ3v) is 4.04. The van der Waals surface area contributed by atoms with Gasteiger partial charge in [-0.15, -0.1) is 0 Å². The number of aromatic nitrogens is 1. The van der Waals surface area contributed by atoms with Gasteiger partial charge in [0.05, 0.1) is 5.52 Å². The molecule has 0 aliphatic carbocycles. The van der Waals surface area contributed by atoms with Crippen molar-refractivity contribution in [2.45, 2.75) is 13.3 Å². The largest absolute Gasteiger partial charge is 0.316 e. The maximum atomic E-state index is 12.4. The molecule has 2 aromatic rings. The average molecular weight is 254 g/mol. The fraction of sp³-hybridized carbons (Fsp3) is 0.375. The summed E-state index contributed by atoms with van der Waals surface area (Å²) in [6, 6.07) is 9.97. The van der Waals surface area contributed by atoms with E-state index in [9.17, 15) is 4.79 Å². The minimum atomic E-state index is 0.159. The van der Waals surface area contributed by atoms with Gasteiger partial charge in [-0.3, -0.25) is 9.78 Å². The van der Waals surface area contributed by atoms with Crippen molar-refractivity contribution in [3.63, 3.8) is 0 Å². The van der Waals surface area contributed by atoms with E-state index >= 15 is 0 Å². The van der Waals surface area contributed by atoms with Gasteiger partial charge in [-0.25, -0.2) is 0 Å². The van der Waals surface area contributed by atoms with Crippen molar-refractivity contribution in [1.29, 1.82) is 0 Å². The Hall–Kier alpha value is -1.74. The number of rotatable bonds is 3. The van der Waals surface area contributed by atoms with Crippen molar-refractivity contribution in [3.05, 3.63) is 42.1 Å². The lowest BCUT2D eigenvalue weighted by Crippen LogP contribution is -2.23. The van der Waals surface area contributed by atoms with Gasteiger partial charge < -0.3 is 5.32 Å². The number of carbonyl (C=O) groups excluding carboxylic acids is 1. The molecule has 2 unspecified atom stereocenters. The minimum Gasteiger partial charge on any atom is -0.316 e. The van der Waals surface area contributed by atoms with Gasteiger partial charge in [0.1, 0.15) is 5.78 Å². The molecule has 0 spiro atoms. The molecule has 98 valence electrons. The smallest absolute Gasteiger partial charge is 0.141 e. The Morgan fingerprint density at radius 2 is 2.16 bits per heavy atom. The van der Waals surface area contributed by atoms with E-state index in [1.54, 1.807) is 6.20 Å². The highest BCUT2D eigenvalue weighted by atomic mass is 16.1. The van der Waals surface area contributed by atoms with Crippen LogP contribution in [0.1, 0.15) is 12.5 Å². The summed E-state index contributed by atoms with van der Waals surface area (Å²) in [5, 5.41) is 4.39. The topological polar surface area (TPSA) is 42.0 Å². The lowest BCUT2D eigenvalue weighted by atomic mass is 9.89. The van der Waals surface area contributed by atoms with Gasteiger partial charge in [-0.1, -0.05) is 25.1 Å². The van der Waals surface area contributed by atoms with E-state index in [1.807, 2.05) is 30.3 Å². The molecule has 0 amide bonds. The molecule has 3 nitrogen and oxygen atoms in total. The molecule has 0 saturated carbocycles. The number of hydrogen-bond donors (Lipinski definition) is 1. The molecular weight excluding hydrogens is 236 g/mol. The summed E-state index contributed by atoms with van der Waals surface area (Å²) in [7, 11) is 0. The average Bonchev–Trinajstić information content (AvgIpc) is 2.85. The van der Waals surface area contributed by atoms with Crippen molar-refractivity contribution >= 4 is 16.7 Å². The molecule has 2 heterocycles. The second kappa shape index (κ2) is 5.10. The lowest BCUT2D eigenvalue weighted by molar-refractivity contribution is -0.122. The molecule has 0 bridgehead atoms. The molecule has 1 aliphatic heterocycles. The Morgan fingerprint density at radius 3 is 2.95 bits per heavy atom. The number of ketones is 1. The van der Waals surface area contributed by atoms with Crippen LogP contribution in [0.15, 0.2) is 36.5 Å². The number of Topliss-reactive ketones (excluding diaryl/α,β-unsaturated/α-hetero) is 1. The quantitative estimate of drug-likeness (QED) is 0.913. The molecule has 1 N–H and O–H groups in total. The Bertz CT molecular complexity index is 603. The summed E-state index contributed by atoms with van der Waals surface area (Å²) in [5.41, 5.74) is 2.06. The number of nitrogens with zero attached hydrogens (tertiary/aromatic N) is 1. The molecule has 2 atom stereocenters. The first-order valence-electron chi connectivity index (χ1n) is 6.82. The molecular formula is C16H18N2O. The first kappa shape index (κ1) is 12.3. The predicted octanol–water partition coefficient (Wildman–Crippen LogP) is 2.20. The van der Waals surface area contributed by atoms with Crippen LogP contribution >= 0.6 is 0 Å². The highest BCUT2D eigenvalue weighted by Gasteiger charge is 2.29. The van der Waals surface area contributed by atoms with Crippen molar-refractivity contribution in [3.8, 4) is 0 Å². The van der Waals surface area contributed by atoms with E-state index in [2.05, 4.69) is 17.2 Å². The highest BCUT2D eigenvalue weighted by molar-refractivity contribution is 5.90. The van der Waals surface area contributed by atoms with Crippen LogP contribution in [0.2, 0.25) is 0 Å². The molecule has 1 fully saturated rings. The van der Waals surface area contributed by atoms with E-state index in [-0.39, 0.29) is 5.92 Å². The summed E-state index contributed by atoms with van der Waals surface area (Å²) in [5.74, 6) is 0.946. The number of hydrogen-bond acceptors (Lipinski definition) is 3. The van der Waals surface area contributed by atoms with E-state index in [4.69, 9.17) is 0 Å². The van der Waals surface area contributed by atoms with Crippen LogP contribution in [0.5, 0.6) is 0 Å². The van der Waals surface area contributed by atoms with E-state index < -0.39 is 0 Å². The summed E-state index contributed by atoms with van der Waals surface area (Å²) in [4.78, 5) is 16.7. The molecule has 1 aromatic heterocycles. The van der Waals surface area contributed by atoms with Crippen LogP contribution in [-0.2, 0) is 11.2 Å². The van der Waals surface area contributed by atoms with Crippen molar-refractivity contribution in [2.24, 2.45) is 11.8 Å². The summed E-state index contributed by atoms with van der Waals surface area (Å²) in [6.45, 7) is 3.92. The maximum Gasteiger partial charge on any atom is 0.141 e.